The number of rotatable bonds is 16. The van der Waals surface area contributed by atoms with Gasteiger partial charge >= 0.3 is 0 Å². The van der Waals surface area contributed by atoms with E-state index in [1.807, 2.05) is 0 Å². The third-order valence-electron chi connectivity index (χ3n) is 5.65. The van der Waals surface area contributed by atoms with E-state index in [1.54, 1.807) is 0 Å². The Bertz CT molecular complexity index is 277. The summed E-state index contributed by atoms with van der Waals surface area (Å²) in [6.07, 6.45) is 12.8. The van der Waals surface area contributed by atoms with E-state index in [9.17, 15) is 0 Å². The molecule has 152 valence electrons. The fourth-order valence-electron chi connectivity index (χ4n) is 4.59. The first-order valence-electron chi connectivity index (χ1n) is 11.1. The van der Waals surface area contributed by atoms with Gasteiger partial charge in [-0.25, -0.2) is 0 Å². The molecule has 0 bridgehead atoms. The van der Waals surface area contributed by atoms with Crippen molar-refractivity contribution in [3.63, 3.8) is 0 Å². The first-order valence-corrected chi connectivity index (χ1v) is 11.1. The van der Waals surface area contributed by atoms with E-state index in [0.717, 1.165) is 77.0 Å². The molecule has 2 atom stereocenters. The lowest BCUT2D eigenvalue weighted by Gasteiger charge is -2.50. The number of hydrogen-bond donors (Lipinski definition) is 2. The van der Waals surface area contributed by atoms with Crippen molar-refractivity contribution >= 4 is 0 Å². The van der Waals surface area contributed by atoms with Gasteiger partial charge in [0.1, 0.15) is 0 Å². The Balaban J connectivity index is 5.88. The standard InChI is InChI=1S/C22H48N2O/c1-7-13-19(23)21(15-9-3,16-10-4)25-22(17-11-5,18-12-6)20(24)14-8-2/h19-20H,7-18,23-24H2,1-6H3. The second-order valence-corrected chi connectivity index (χ2v) is 8.02. The first-order chi connectivity index (χ1) is 11.9. The molecule has 0 aliphatic rings. The summed E-state index contributed by atoms with van der Waals surface area (Å²) in [6, 6.07) is 0.193. The fourth-order valence-corrected chi connectivity index (χ4v) is 4.59. The van der Waals surface area contributed by atoms with Crippen molar-refractivity contribution in [3.8, 4) is 0 Å². The Morgan fingerprint density at radius 3 is 1.04 bits per heavy atom. The van der Waals surface area contributed by atoms with Crippen LogP contribution in [0.3, 0.4) is 0 Å². The zero-order chi connectivity index (χ0) is 19.3. The Hall–Kier alpha value is -0.120. The number of ether oxygens (including phenoxy) is 1. The van der Waals surface area contributed by atoms with Crippen LogP contribution in [-0.4, -0.2) is 23.3 Å². The predicted octanol–water partition coefficient (Wildman–Crippen LogP) is 5.94. The molecule has 0 saturated carbocycles. The van der Waals surface area contributed by atoms with Crippen LogP contribution in [0.5, 0.6) is 0 Å². The number of hydrogen-bond acceptors (Lipinski definition) is 3. The Labute approximate surface area is 158 Å². The van der Waals surface area contributed by atoms with Crippen LogP contribution in [-0.2, 0) is 4.74 Å². The Morgan fingerprint density at radius 1 is 0.560 bits per heavy atom. The zero-order valence-electron chi connectivity index (χ0n) is 18.2. The van der Waals surface area contributed by atoms with Crippen LogP contribution in [0, 0.1) is 0 Å². The summed E-state index contributed by atoms with van der Waals surface area (Å²) in [6.45, 7) is 13.4. The highest BCUT2D eigenvalue weighted by Crippen LogP contribution is 2.40. The molecule has 4 N–H and O–H groups in total. The highest BCUT2D eigenvalue weighted by Gasteiger charge is 2.46. The van der Waals surface area contributed by atoms with E-state index in [2.05, 4.69) is 41.5 Å². The second kappa shape index (κ2) is 13.1. The summed E-state index contributed by atoms with van der Waals surface area (Å²) in [7, 11) is 0. The molecule has 3 heteroatoms. The van der Waals surface area contributed by atoms with E-state index in [4.69, 9.17) is 16.2 Å². The molecule has 25 heavy (non-hydrogen) atoms. The predicted molar refractivity (Wildman–Crippen MR) is 112 cm³/mol. The summed E-state index contributed by atoms with van der Waals surface area (Å²) in [5.74, 6) is 0. The van der Waals surface area contributed by atoms with Gasteiger partial charge in [-0.1, -0.05) is 80.1 Å². The smallest absolute Gasteiger partial charge is 0.0840 e. The molecule has 0 saturated heterocycles. The molecule has 0 fully saturated rings. The molecule has 0 aromatic carbocycles. The van der Waals surface area contributed by atoms with Crippen molar-refractivity contribution in [3.05, 3.63) is 0 Å². The van der Waals surface area contributed by atoms with Crippen LogP contribution in [0.4, 0.5) is 0 Å². The first kappa shape index (κ1) is 24.9. The highest BCUT2D eigenvalue weighted by molar-refractivity contribution is 4.99. The summed E-state index contributed by atoms with van der Waals surface area (Å²) in [5.41, 5.74) is 13.0. The van der Waals surface area contributed by atoms with Crippen LogP contribution < -0.4 is 11.5 Å². The van der Waals surface area contributed by atoms with Gasteiger partial charge in [0.2, 0.25) is 0 Å². The second-order valence-electron chi connectivity index (χ2n) is 8.02. The quantitative estimate of drug-likeness (QED) is 0.360. The lowest BCUT2D eigenvalue weighted by Crippen LogP contribution is -2.60. The SMILES string of the molecule is CCCC(N)C(CCC)(CCC)OC(CCC)(CCC)C(N)CCC. The third kappa shape index (κ3) is 7.19. The van der Waals surface area contributed by atoms with Gasteiger partial charge < -0.3 is 16.2 Å². The van der Waals surface area contributed by atoms with Crippen molar-refractivity contribution in [1.82, 2.24) is 0 Å². The lowest BCUT2D eigenvalue weighted by molar-refractivity contribution is -0.193. The van der Waals surface area contributed by atoms with Crippen molar-refractivity contribution in [2.24, 2.45) is 11.5 Å². The molecule has 0 rings (SSSR count). The third-order valence-corrected chi connectivity index (χ3v) is 5.65. The summed E-state index contributed by atoms with van der Waals surface area (Å²) in [4.78, 5) is 0. The Kier molecular flexibility index (Phi) is 13.0. The van der Waals surface area contributed by atoms with E-state index in [-0.39, 0.29) is 23.3 Å². The van der Waals surface area contributed by atoms with E-state index in [0.29, 0.717) is 0 Å². The van der Waals surface area contributed by atoms with Gasteiger partial charge in [0, 0.05) is 12.1 Å². The molecule has 2 unspecified atom stereocenters. The minimum atomic E-state index is -0.227. The lowest BCUT2D eigenvalue weighted by atomic mass is 9.78. The summed E-state index contributed by atoms with van der Waals surface area (Å²) in [5, 5.41) is 0. The average Bonchev–Trinajstić information content (AvgIpc) is 2.56. The van der Waals surface area contributed by atoms with E-state index < -0.39 is 0 Å². The van der Waals surface area contributed by atoms with E-state index in [1.165, 1.54) is 0 Å². The van der Waals surface area contributed by atoms with Gasteiger partial charge in [0.15, 0.2) is 0 Å². The average molecular weight is 357 g/mol. The Morgan fingerprint density at radius 2 is 0.840 bits per heavy atom. The van der Waals surface area contributed by atoms with Crippen LogP contribution in [0.1, 0.15) is 119 Å². The maximum Gasteiger partial charge on any atom is 0.0840 e. The van der Waals surface area contributed by atoms with Gasteiger partial charge in [0.25, 0.3) is 0 Å². The number of nitrogens with two attached hydrogens (primary N) is 2. The monoisotopic (exact) mass is 356 g/mol. The van der Waals surface area contributed by atoms with Crippen LogP contribution in [0.25, 0.3) is 0 Å². The van der Waals surface area contributed by atoms with Crippen LogP contribution >= 0.6 is 0 Å². The molecular formula is C22H48N2O. The molecule has 0 radical (unpaired) electrons. The normalized spacial score (nSPS) is 15.4. The molecule has 3 nitrogen and oxygen atoms in total. The molecule has 0 amide bonds. The van der Waals surface area contributed by atoms with Gasteiger partial charge in [-0.15, -0.1) is 0 Å². The van der Waals surface area contributed by atoms with E-state index >= 15 is 0 Å². The largest absolute Gasteiger partial charge is 0.365 e. The minimum Gasteiger partial charge on any atom is -0.365 e. The van der Waals surface area contributed by atoms with Crippen LogP contribution in [0.15, 0.2) is 0 Å². The molecule has 0 aromatic rings. The van der Waals surface area contributed by atoms with Crippen molar-refractivity contribution < 1.29 is 4.74 Å². The van der Waals surface area contributed by atoms with Gasteiger partial charge in [-0.2, -0.15) is 0 Å². The molecular weight excluding hydrogens is 308 g/mol. The highest BCUT2D eigenvalue weighted by atomic mass is 16.5. The van der Waals surface area contributed by atoms with Crippen LogP contribution in [0.2, 0.25) is 0 Å². The molecule has 0 aliphatic carbocycles. The molecule has 0 aromatic heterocycles. The molecule has 0 spiro atoms. The van der Waals surface area contributed by atoms with Gasteiger partial charge in [-0.05, 0) is 38.5 Å². The van der Waals surface area contributed by atoms with Crippen molar-refractivity contribution in [2.45, 2.75) is 142 Å². The molecule has 0 heterocycles. The van der Waals surface area contributed by atoms with Crippen molar-refractivity contribution in [2.75, 3.05) is 0 Å². The van der Waals surface area contributed by atoms with Crippen molar-refractivity contribution in [1.29, 1.82) is 0 Å². The topological polar surface area (TPSA) is 61.3 Å². The maximum absolute atomic E-state index is 7.17. The molecule has 0 aliphatic heterocycles. The zero-order valence-corrected chi connectivity index (χ0v) is 18.2. The van der Waals surface area contributed by atoms with Gasteiger partial charge in [-0.3, -0.25) is 0 Å². The summed E-state index contributed by atoms with van der Waals surface area (Å²) >= 11 is 0. The maximum atomic E-state index is 7.17. The van der Waals surface area contributed by atoms with Gasteiger partial charge in [0.05, 0.1) is 11.2 Å². The summed E-state index contributed by atoms with van der Waals surface area (Å²) < 4.78 is 7.17. The fraction of sp³-hybridized carbons (Fsp3) is 1.00. The minimum absolute atomic E-state index is 0.0966.